The molecule has 4 aromatic rings. The fourth-order valence-corrected chi connectivity index (χ4v) is 5.97. The lowest BCUT2D eigenvalue weighted by atomic mass is 10.1. The summed E-state index contributed by atoms with van der Waals surface area (Å²) in [5.41, 5.74) is 1.14. The van der Waals surface area contributed by atoms with E-state index in [9.17, 15) is 23.1 Å². The lowest BCUT2D eigenvalue weighted by molar-refractivity contribution is 0.256. The van der Waals surface area contributed by atoms with Gasteiger partial charge in [-0.1, -0.05) is 11.6 Å². The van der Waals surface area contributed by atoms with Crippen LogP contribution in [0.4, 0.5) is 16.2 Å². The monoisotopic (exact) mass is 530 g/mol. The number of anilines is 2. The largest absolute Gasteiger partial charge is 0.494 e. The number of hydrogen-bond acceptors (Lipinski definition) is 7. The minimum Gasteiger partial charge on any atom is -0.494 e. The van der Waals surface area contributed by atoms with Gasteiger partial charge in [0.05, 0.1) is 10.0 Å². The molecule has 2 aromatic carbocycles. The van der Waals surface area contributed by atoms with Gasteiger partial charge in [0.1, 0.15) is 4.21 Å². The topological polar surface area (TPSA) is 130 Å². The van der Waals surface area contributed by atoms with E-state index in [-0.39, 0.29) is 20.1 Å². The van der Waals surface area contributed by atoms with Crippen molar-refractivity contribution in [1.29, 1.82) is 0 Å². The summed E-state index contributed by atoms with van der Waals surface area (Å²) in [5, 5.41) is 17.7. The molecule has 0 atom stereocenters. The molecule has 0 radical (unpaired) electrons. The molecule has 2 heterocycles. The molecule has 180 valence electrons. The molecule has 5 rings (SSSR count). The van der Waals surface area contributed by atoms with Gasteiger partial charge in [-0.15, -0.1) is 11.3 Å². The standard InChI is InChI=1S/C23H19ClN4O5S2/c24-19-9-10-21(34-19)35(32,33)27-23(31)26-15-3-6-17(7-4-15)28-20(29)12-13-11-16(25-14-1-2-14)5-8-18(13)22(28)30/h3-12,14,25,30H,1-2H2,(H2,26,27,31). The summed E-state index contributed by atoms with van der Waals surface area (Å²) in [7, 11) is -4.06. The van der Waals surface area contributed by atoms with Gasteiger partial charge < -0.3 is 15.7 Å². The first-order valence-electron chi connectivity index (χ1n) is 10.5. The molecule has 9 nitrogen and oxygen atoms in total. The highest BCUT2D eigenvalue weighted by Crippen LogP contribution is 2.31. The summed E-state index contributed by atoms with van der Waals surface area (Å²) >= 11 is 6.59. The van der Waals surface area contributed by atoms with E-state index in [0.717, 1.165) is 34.4 Å². The summed E-state index contributed by atoms with van der Waals surface area (Å²) in [6.07, 6.45) is 2.24. The Hall–Kier alpha value is -3.54. The van der Waals surface area contributed by atoms with Crippen molar-refractivity contribution in [3.8, 4) is 11.6 Å². The number of rotatable bonds is 6. The van der Waals surface area contributed by atoms with E-state index in [1.165, 1.54) is 42.5 Å². The second-order valence-electron chi connectivity index (χ2n) is 8.03. The number of urea groups is 1. The number of amides is 2. The minimum atomic E-state index is -4.06. The zero-order valence-electron chi connectivity index (χ0n) is 18.0. The molecule has 12 heteroatoms. The van der Waals surface area contributed by atoms with Gasteiger partial charge in [-0.3, -0.25) is 4.79 Å². The van der Waals surface area contributed by atoms with Crippen molar-refractivity contribution < 1.29 is 18.3 Å². The lowest BCUT2D eigenvalue weighted by Crippen LogP contribution is -2.33. The van der Waals surface area contributed by atoms with Gasteiger partial charge in [0.15, 0.2) is 0 Å². The number of halogens is 1. The first kappa shape index (κ1) is 23.2. The van der Waals surface area contributed by atoms with E-state index in [4.69, 9.17) is 11.6 Å². The van der Waals surface area contributed by atoms with Crippen LogP contribution in [-0.4, -0.2) is 30.2 Å². The molecule has 1 fully saturated rings. The number of pyridine rings is 1. The van der Waals surface area contributed by atoms with E-state index in [2.05, 4.69) is 10.6 Å². The molecule has 0 saturated heterocycles. The van der Waals surface area contributed by atoms with Crippen LogP contribution in [0.15, 0.2) is 69.7 Å². The van der Waals surface area contributed by atoms with E-state index in [1.807, 2.05) is 16.9 Å². The Balaban J connectivity index is 1.34. The lowest BCUT2D eigenvalue weighted by Gasteiger charge is -2.13. The molecular weight excluding hydrogens is 512 g/mol. The molecule has 0 bridgehead atoms. The number of benzene rings is 2. The molecule has 35 heavy (non-hydrogen) atoms. The normalized spacial score (nSPS) is 13.5. The van der Waals surface area contributed by atoms with Crippen LogP contribution < -0.4 is 20.9 Å². The van der Waals surface area contributed by atoms with Gasteiger partial charge in [0.2, 0.25) is 5.88 Å². The van der Waals surface area contributed by atoms with Gasteiger partial charge in [0, 0.05) is 28.9 Å². The number of carbonyl (C=O) groups is 1. The number of thiophene rings is 1. The number of nitrogens with zero attached hydrogens (tertiary/aromatic N) is 1. The third-order valence-corrected chi connectivity index (χ3v) is 8.43. The van der Waals surface area contributed by atoms with E-state index in [1.54, 1.807) is 6.07 Å². The fourth-order valence-electron chi connectivity index (χ4n) is 3.58. The number of sulfonamides is 1. The van der Waals surface area contributed by atoms with Crippen molar-refractivity contribution in [2.45, 2.75) is 23.1 Å². The predicted octanol–water partition coefficient (Wildman–Crippen LogP) is 4.50. The van der Waals surface area contributed by atoms with Gasteiger partial charge in [-0.25, -0.2) is 22.5 Å². The summed E-state index contributed by atoms with van der Waals surface area (Å²) in [4.78, 5) is 25.0. The second kappa shape index (κ2) is 8.91. The van der Waals surface area contributed by atoms with Gasteiger partial charge in [0.25, 0.3) is 15.6 Å². The van der Waals surface area contributed by atoms with Gasteiger partial charge in [-0.05, 0) is 72.8 Å². The van der Waals surface area contributed by atoms with E-state index < -0.39 is 21.6 Å². The molecule has 2 amide bonds. The molecule has 0 spiro atoms. The Morgan fingerprint density at radius 1 is 1.03 bits per heavy atom. The second-order valence-corrected chi connectivity index (χ2v) is 11.7. The summed E-state index contributed by atoms with van der Waals surface area (Å²) in [6.45, 7) is 0. The van der Waals surface area contributed by atoms with Crippen LogP contribution in [0.1, 0.15) is 12.8 Å². The highest BCUT2D eigenvalue weighted by molar-refractivity contribution is 7.92. The molecule has 0 aliphatic heterocycles. The number of fused-ring (bicyclic) bond motifs is 1. The van der Waals surface area contributed by atoms with Crippen molar-refractivity contribution in [1.82, 2.24) is 9.29 Å². The van der Waals surface area contributed by atoms with Crippen molar-refractivity contribution in [3.05, 3.63) is 75.4 Å². The average molecular weight is 531 g/mol. The highest BCUT2D eigenvalue weighted by atomic mass is 35.5. The zero-order valence-corrected chi connectivity index (χ0v) is 20.4. The van der Waals surface area contributed by atoms with E-state index >= 15 is 0 Å². The molecule has 1 aliphatic rings. The van der Waals surface area contributed by atoms with Crippen LogP contribution in [0.25, 0.3) is 16.5 Å². The first-order chi connectivity index (χ1) is 16.7. The highest BCUT2D eigenvalue weighted by Gasteiger charge is 2.22. The number of nitrogens with one attached hydrogen (secondary N) is 3. The smallest absolute Gasteiger partial charge is 0.333 e. The van der Waals surface area contributed by atoms with Crippen molar-refractivity contribution in [2.75, 3.05) is 10.6 Å². The first-order valence-corrected chi connectivity index (χ1v) is 13.2. The Labute approximate surface area is 209 Å². The Bertz CT molecular complexity index is 1610. The number of hydrogen-bond donors (Lipinski definition) is 4. The minimum absolute atomic E-state index is 0.0883. The number of aromatic hydroxyl groups is 1. The quantitative estimate of drug-likeness (QED) is 0.290. The molecule has 1 saturated carbocycles. The summed E-state index contributed by atoms with van der Waals surface area (Å²) in [6, 6.07) is 15.2. The van der Waals surface area contributed by atoms with Crippen molar-refractivity contribution in [2.24, 2.45) is 0 Å². The van der Waals surface area contributed by atoms with Gasteiger partial charge in [-0.2, -0.15) is 0 Å². The molecular formula is C23H19ClN4O5S2. The maximum absolute atomic E-state index is 12.8. The fraction of sp³-hybridized carbons (Fsp3) is 0.130. The van der Waals surface area contributed by atoms with Crippen LogP contribution in [0.3, 0.4) is 0 Å². The number of aromatic nitrogens is 1. The van der Waals surface area contributed by atoms with Crippen LogP contribution in [0.5, 0.6) is 5.88 Å². The van der Waals surface area contributed by atoms with E-state index in [0.29, 0.717) is 22.5 Å². The SMILES string of the molecule is O=C(Nc1ccc(-n2c(O)c3ccc(NC4CC4)cc3cc2=O)cc1)NS(=O)(=O)c1ccc(Cl)s1. The van der Waals surface area contributed by atoms with Crippen LogP contribution in [-0.2, 0) is 10.0 Å². The third kappa shape index (κ3) is 4.97. The predicted molar refractivity (Wildman–Crippen MR) is 137 cm³/mol. The Kier molecular flexibility index (Phi) is 5.91. The Morgan fingerprint density at radius 2 is 1.74 bits per heavy atom. The molecule has 0 unspecified atom stereocenters. The number of carbonyl (C=O) groups excluding carboxylic acids is 1. The van der Waals surface area contributed by atoms with Gasteiger partial charge >= 0.3 is 6.03 Å². The maximum atomic E-state index is 12.8. The van der Waals surface area contributed by atoms with Crippen molar-refractivity contribution >= 4 is 61.1 Å². The third-order valence-electron chi connectivity index (χ3n) is 5.38. The molecule has 4 N–H and O–H groups in total. The molecule has 1 aliphatic carbocycles. The summed E-state index contributed by atoms with van der Waals surface area (Å²) < 4.78 is 27.8. The van der Waals surface area contributed by atoms with Crippen LogP contribution in [0.2, 0.25) is 4.34 Å². The van der Waals surface area contributed by atoms with Crippen molar-refractivity contribution in [3.63, 3.8) is 0 Å². The average Bonchev–Trinajstić information content (AvgIpc) is 3.49. The summed E-state index contributed by atoms with van der Waals surface area (Å²) in [5.74, 6) is -0.204. The van der Waals surface area contributed by atoms with Crippen LogP contribution in [0, 0.1) is 0 Å². The maximum Gasteiger partial charge on any atom is 0.333 e. The van der Waals surface area contributed by atoms with Crippen LogP contribution >= 0.6 is 22.9 Å². The zero-order chi connectivity index (χ0) is 24.7. The molecule has 2 aromatic heterocycles. The Morgan fingerprint density at radius 3 is 2.40 bits per heavy atom.